The summed E-state index contributed by atoms with van der Waals surface area (Å²) in [5, 5.41) is 0. The Balaban J connectivity index is 1.25. The molecule has 8 aliphatic carbocycles. The molecule has 8 aliphatic rings. The standard InChI is InChI=1S/C28H32O3/c1-30-27(29)28(11-31-12-5-3-2-4-6-12)25-15-9-7-13-17-14-8-10-16-19(14)22-20(17)21(18(13)15)23(25)24(22)26(16)28/h2-6,13-26H,7-11H2,1H3/t13-,14+,15-,16+,17?,18+,19-,20?,21-,22-,23+,24-,25+,26-,28?/m1/s1. The van der Waals surface area contributed by atoms with Crippen molar-refractivity contribution in [3.05, 3.63) is 30.3 Å². The van der Waals surface area contributed by atoms with Crippen molar-refractivity contribution in [1.29, 1.82) is 0 Å². The summed E-state index contributed by atoms with van der Waals surface area (Å²) >= 11 is 0. The molecule has 0 bridgehead atoms. The van der Waals surface area contributed by atoms with Crippen molar-refractivity contribution in [2.75, 3.05) is 13.7 Å². The third-order valence-corrected chi connectivity index (χ3v) is 12.9. The fourth-order valence-corrected chi connectivity index (χ4v) is 13.4. The zero-order valence-corrected chi connectivity index (χ0v) is 18.2. The number of fused-ring (bicyclic) bond motifs is 4. The first-order valence-electron chi connectivity index (χ1n) is 13.0. The molecule has 0 aromatic heterocycles. The van der Waals surface area contributed by atoms with Gasteiger partial charge in [0.15, 0.2) is 0 Å². The van der Waals surface area contributed by atoms with Crippen molar-refractivity contribution < 1.29 is 14.3 Å². The van der Waals surface area contributed by atoms with Crippen molar-refractivity contribution >= 4 is 5.97 Å². The number of carbonyl (C=O) groups excluding carboxylic acids is 1. The number of carbonyl (C=O) groups is 1. The summed E-state index contributed by atoms with van der Waals surface area (Å²) in [6, 6.07) is 10.2. The van der Waals surface area contributed by atoms with Gasteiger partial charge in [-0.05, 0) is 121 Å². The van der Waals surface area contributed by atoms with Crippen LogP contribution in [0.1, 0.15) is 25.7 Å². The van der Waals surface area contributed by atoms with Crippen LogP contribution < -0.4 is 4.74 Å². The summed E-state index contributed by atoms with van der Waals surface area (Å²) in [5.41, 5.74) is -0.409. The van der Waals surface area contributed by atoms with Crippen molar-refractivity contribution in [3.8, 4) is 5.75 Å². The molecular formula is C28H32O3. The van der Waals surface area contributed by atoms with E-state index in [1.165, 1.54) is 25.7 Å². The van der Waals surface area contributed by atoms with Crippen LogP contribution in [0.15, 0.2) is 30.3 Å². The Hall–Kier alpha value is -1.51. The Morgan fingerprint density at radius 3 is 1.87 bits per heavy atom. The molecule has 9 rings (SSSR count). The minimum absolute atomic E-state index is 0.0766. The van der Waals surface area contributed by atoms with E-state index in [1.54, 1.807) is 7.11 Å². The highest BCUT2D eigenvalue weighted by Gasteiger charge is 2.89. The molecule has 3 heteroatoms. The van der Waals surface area contributed by atoms with Crippen LogP contribution in [0, 0.1) is 88.3 Å². The monoisotopic (exact) mass is 416 g/mol. The average Bonchev–Trinajstić information content (AvgIpc) is 3.58. The summed E-state index contributed by atoms with van der Waals surface area (Å²) in [5.74, 6) is 13.0. The molecule has 31 heavy (non-hydrogen) atoms. The minimum atomic E-state index is -0.409. The topological polar surface area (TPSA) is 35.5 Å². The molecule has 1 aromatic carbocycles. The number of ether oxygens (including phenoxy) is 2. The zero-order valence-electron chi connectivity index (χ0n) is 18.2. The van der Waals surface area contributed by atoms with E-state index in [4.69, 9.17) is 9.47 Å². The van der Waals surface area contributed by atoms with Gasteiger partial charge in [0.25, 0.3) is 0 Å². The van der Waals surface area contributed by atoms with Crippen LogP contribution >= 0.6 is 0 Å². The first kappa shape index (κ1) is 17.0. The van der Waals surface area contributed by atoms with E-state index in [-0.39, 0.29) is 5.97 Å². The molecule has 1 aromatic rings. The lowest BCUT2D eigenvalue weighted by Gasteiger charge is -2.42. The molecule has 0 spiro atoms. The van der Waals surface area contributed by atoms with E-state index < -0.39 is 5.41 Å². The smallest absolute Gasteiger partial charge is 0.315 e. The van der Waals surface area contributed by atoms with E-state index in [9.17, 15) is 4.79 Å². The van der Waals surface area contributed by atoms with E-state index in [1.807, 2.05) is 30.3 Å². The van der Waals surface area contributed by atoms with Gasteiger partial charge >= 0.3 is 5.97 Å². The molecule has 0 aliphatic heterocycles. The summed E-state index contributed by atoms with van der Waals surface area (Å²) < 4.78 is 12.2. The predicted octanol–water partition coefficient (Wildman–Crippen LogP) is 4.52. The summed E-state index contributed by atoms with van der Waals surface area (Å²) in [6.45, 7) is 0.543. The van der Waals surface area contributed by atoms with E-state index in [0.29, 0.717) is 18.4 Å². The predicted molar refractivity (Wildman–Crippen MR) is 114 cm³/mol. The largest absolute Gasteiger partial charge is 0.492 e. The molecule has 0 heterocycles. The molecule has 0 N–H and O–H groups in total. The number of para-hydroxylation sites is 1. The molecule has 8 saturated carbocycles. The molecule has 0 radical (unpaired) electrons. The van der Waals surface area contributed by atoms with Gasteiger partial charge in [0.2, 0.25) is 0 Å². The number of esters is 1. The van der Waals surface area contributed by atoms with Crippen molar-refractivity contribution in [2.45, 2.75) is 25.7 Å². The Kier molecular flexibility index (Phi) is 2.84. The molecule has 8 fully saturated rings. The number of methoxy groups -OCH3 is 1. The molecule has 0 amide bonds. The minimum Gasteiger partial charge on any atom is -0.492 e. The molecule has 3 nitrogen and oxygen atoms in total. The fourth-order valence-electron chi connectivity index (χ4n) is 13.4. The highest BCUT2D eigenvalue weighted by Crippen LogP contribution is 2.90. The number of benzene rings is 1. The van der Waals surface area contributed by atoms with E-state index >= 15 is 0 Å². The highest BCUT2D eigenvalue weighted by molar-refractivity contribution is 5.79. The van der Waals surface area contributed by atoms with Crippen molar-refractivity contribution in [3.63, 3.8) is 0 Å². The molecule has 3 unspecified atom stereocenters. The third-order valence-electron chi connectivity index (χ3n) is 12.9. The van der Waals surface area contributed by atoms with Crippen LogP contribution in [-0.2, 0) is 9.53 Å². The second kappa shape index (κ2) is 5.18. The Bertz CT molecular complexity index is 941. The van der Waals surface area contributed by atoms with Gasteiger partial charge in [-0.25, -0.2) is 0 Å². The molecule has 0 saturated heterocycles. The van der Waals surface area contributed by atoms with Gasteiger partial charge in [0.1, 0.15) is 17.8 Å². The first-order chi connectivity index (χ1) is 15.3. The zero-order chi connectivity index (χ0) is 20.2. The van der Waals surface area contributed by atoms with Crippen LogP contribution in [0.5, 0.6) is 5.75 Å². The molecule has 162 valence electrons. The summed E-state index contributed by atoms with van der Waals surface area (Å²) in [7, 11) is 1.64. The second-order valence-corrected chi connectivity index (χ2v) is 12.6. The third kappa shape index (κ3) is 1.53. The Labute approximate surface area is 184 Å². The van der Waals surface area contributed by atoms with Crippen LogP contribution in [0.25, 0.3) is 0 Å². The van der Waals surface area contributed by atoms with Gasteiger partial charge in [0, 0.05) is 0 Å². The maximum absolute atomic E-state index is 13.9. The van der Waals surface area contributed by atoms with Crippen LogP contribution in [0.3, 0.4) is 0 Å². The summed E-state index contributed by atoms with van der Waals surface area (Å²) in [4.78, 5) is 13.9. The maximum Gasteiger partial charge on any atom is 0.315 e. The van der Waals surface area contributed by atoms with E-state index in [2.05, 4.69) is 0 Å². The van der Waals surface area contributed by atoms with Gasteiger partial charge in [-0.3, -0.25) is 4.79 Å². The lowest BCUT2D eigenvalue weighted by atomic mass is 9.62. The Morgan fingerprint density at radius 2 is 1.29 bits per heavy atom. The van der Waals surface area contributed by atoms with Crippen molar-refractivity contribution in [1.82, 2.24) is 0 Å². The quantitative estimate of drug-likeness (QED) is 0.677. The second-order valence-electron chi connectivity index (χ2n) is 12.6. The van der Waals surface area contributed by atoms with Gasteiger partial charge < -0.3 is 9.47 Å². The number of hydrogen-bond donors (Lipinski definition) is 0. The van der Waals surface area contributed by atoms with Crippen LogP contribution in [0.2, 0.25) is 0 Å². The maximum atomic E-state index is 13.9. The van der Waals surface area contributed by atoms with Gasteiger partial charge in [-0.1, -0.05) is 18.2 Å². The fraction of sp³-hybridized carbons (Fsp3) is 0.750. The lowest BCUT2D eigenvalue weighted by molar-refractivity contribution is -0.165. The SMILES string of the molecule is COC(=O)C1(COc2ccccc2)[C@@H]2[C@H]3CC[C@H]4C5C6[C@H]([C@@H]2[C@@H]2[C@@H]6[C@@H]6[C@@H](CC[C@H]56)[C@@H]21)[C@@H]34. The molecule has 15 atom stereocenters. The van der Waals surface area contributed by atoms with Gasteiger partial charge in [-0.2, -0.15) is 0 Å². The van der Waals surface area contributed by atoms with Crippen molar-refractivity contribution in [2.24, 2.45) is 88.3 Å². The normalized spacial score (nSPS) is 61.6. The highest BCUT2D eigenvalue weighted by atomic mass is 16.5. The van der Waals surface area contributed by atoms with Gasteiger partial charge in [0.05, 0.1) is 7.11 Å². The first-order valence-corrected chi connectivity index (χ1v) is 13.0. The summed E-state index contributed by atoms with van der Waals surface area (Å²) in [6.07, 6.45) is 5.63. The Morgan fingerprint density at radius 1 is 0.774 bits per heavy atom. The van der Waals surface area contributed by atoms with Gasteiger partial charge in [-0.15, -0.1) is 0 Å². The molecular weight excluding hydrogens is 384 g/mol. The number of rotatable bonds is 4. The number of hydrogen-bond acceptors (Lipinski definition) is 3. The van der Waals surface area contributed by atoms with Crippen LogP contribution in [0.4, 0.5) is 0 Å². The average molecular weight is 417 g/mol. The van der Waals surface area contributed by atoms with Crippen LogP contribution in [-0.4, -0.2) is 19.7 Å². The van der Waals surface area contributed by atoms with E-state index in [0.717, 1.165) is 76.8 Å². The lowest BCUT2D eigenvalue weighted by Crippen LogP contribution is -2.50.